The van der Waals surface area contributed by atoms with Gasteiger partial charge < -0.3 is 16.0 Å². The van der Waals surface area contributed by atoms with Crippen LogP contribution < -0.4 is 16.0 Å². The molecule has 0 unspecified atom stereocenters. The van der Waals surface area contributed by atoms with Crippen molar-refractivity contribution in [2.75, 3.05) is 16.0 Å². The Hall–Kier alpha value is -4.19. The third kappa shape index (κ3) is 5.54. The summed E-state index contributed by atoms with van der Waals surface area (Å²) in [6, 6.07) is 23.5. The molecular formula is C27H27N5O. The van der Waals surface area contributed by atoms with Crippen LogP contribution in [0.4, 0.5) is 28.8 Å². The second-order valence-corrected chi connectivity index (χ2v) is 8.16. The van der Waals surface area contributed by atoms with Gasteiger partial charge in [-0.2, -0.15) is 4.98 Å². The lowest BCUT2D eigenvalue weighted by molar-refractivity contribution is 0.102. The van der Waals surface area contributed by atoms with Gasteiger partial charge in [0.25, 0.3) is 5.91 Å². The summed E-state index contributed by atoms with van der Waals surface area (Å²) < 4.78 is 0. The van der Waals surface area contributed by atoms with E-state index >= 15 is 0 Å². The Morgan fingerprint density at radius 1 is 0.697 bits per heavy atom. The first-order chi connectivity index (χ1) is 15.9. The highest BCUT2D eigenvalue weighted by atomic mass is 16.1. The van der Waals surface area contributed by atoms with Crippen LogP contribution in [0.25, 0.3) is 0 Å². The maximum Gasteiger partial charge on any atom is 0.255 e. The van der Waals surface area contributed by atoms with E-state index < -0.39 is 0 Å². The number of aromatic nitrogens is 2. The Morgan fingerprint density at radius 3 is 1.91 bits per heavy atom. The Bertz CT molecular complexity index is 1280. The van der Waals surface area contributed by atoms with Gasteiger partial charge in [0, 0.05) is 16.9 Å². The van der Waals surface area contributed by atoms with Crippen LogP contribution in [0.15, 0.2) is 72.8 Å². The normalized spacial score (nSPS) is 10.5. The summed E-state index contributed by atoms with van der Waals surface area (Å²) in [4.78, 5) is 22.2. The largest absolute Gasteiger partial charge is 0.338 e. The maximum absolute atomic E-state index is 13.0. The van der Waals surface area contributed by atoms with Crippen LogP contribution in [-0.2, 0) is 0 Å². The van der Waals surface area contributed by atoms with Crippen LogP contribution in [0.5, 0.6) is 0 Å². The van der Waals surface area contributed by atoms with Gasteiger partial charge in [-0.15, -0.1) is 0 Å². The van der Waals surface area contributed by atoms with Crippen molar-refractivity contribution in [1.29, 1.82) is 0 Å². The fraction of sp³-hybridized carbons (Fsp3) is 0.148. The third-order valence-corrected chi connectivity index (χ3v) is 5.23. The average Bonchev–Trinajstić information content (AvgIpc) is 2.79. The number of amides is 1. The molecule has 0 saturated heterocycles. The molecule has 0 aliphatic rings. The maximum atomic E-state index is 13.0. The number of nitrogens with one attached hydrogen (secondary N) is 3. The summed E-state index contributed by atoms with van der Waals surface area (Å²) in [6.45, 7) is 7.89. The minimum atomic E-state index is -0.211. The van der Waals surface area contributed by atoms with Crippen molar-refractivity contribution in [3.8, 4) is 0 Å². The second kappa shape index (κ2) is 9.53. The summed E-state index contributed by atoms with van der Waals surface area (Å²) in [7, 11) is 0. The van der Waals surface area contributed by atoms with Gasteiger partial charge in [0.1, 0.15) is 5.69 Å². The van der Waals surface area contributed by atoms with Crippen molar-refractivity contribution >= 4 is 34.7 Å². The first-order valence-corrected chi connectivity index (χ1v) is 10.8. The molecule has 166 valence electrons. The molecule has 4 aromatic rings. The van der Waals surface area contributed by atoms with E-state index in [9.17, 15) is 4.79 Å². The Kier molecular flexibility index (Phi) is 6.36. The molecule has 1 aromatic heterocycles. The number of carbonyl (C=O) groups is 1. The quantitative estimate of drug-likeness (QED) is 0.323. The molecule has 6 nitrogen and oxygen atoms in total. The number of anilines is 5. The first-order valence-electron chi connectivity index (χ1n) is 10.8. The van der Waals surface area contributed by atoms with Crippen molar-refractivity contribution in [2.24, 2.45) is 0 Å². The molecule has 4 rings (SSSR count). The van der Waals surface area contributed by atoms with Crippen LogP contribution in [-0.4, -0.2) is 15.9 Å². The smallest absolute Gasteiger partial charge is 0.255 e. The summed E-state index contributed by atoms with van der Waals surface area (Å²) in [5, 5.41) is 9.59. The molecule has 0 radical (unpaired) electrons. The number of nitrogens with zero attached hydrogens (tertiary/aromatic N) is 2. The Labute approximate surface area is 194 Å². The van der Waals surface area contributed by atoms with Crippen molar-refractivity contribution in [2.45, 2.75) is 27.7 Å². The number of rotatable bonds is 6. The van der Waals surface area contributed by atoms with Gasteiger partial charge in [-0.05, 0) is 64.1 Å². The zero-order valence-electron chi connectivity index (χ0n) is 19.2. The topological polar surface area (TPSA) is 78.9 Å². The molecule has 0 fully saturated rings. The van der Waals surface area contributed by atoms with E-state index in [4.69, 9.17) is 0 Å². The zero-order chi connectivity index (χ0) is 23.4. The highest BCUT2D eigenvalue weighted by molar-refractivity contribution is 6.06. The number of hydrogen-bond donors (Lipinski definition) is 3. The number of hydrogen-bond acceptors (Lipinski definition) is 5. The van der Waals surface area contributed by atoms with E-state index in [0.717, 1.165) is 22.5 Å². The van der Waals surface area contributed by atoms with Crippen molar-refractivity contribution in [3.63, 3.8) is 0 Å². The monoisotopic (exact) mass is 437 g/mol. The summed E-state index contributed by atoms with van der Waals surface area (Å²) in [6.07, 6.45) is 0. The molecule has 0 saturated carbocycles. The van der Waals surface area contributed by atoms with E-state index in [1.165, 1.54) is 5.56 Å². The third-order valence-electron chi connectivity index (χ3n) is 5.23. The van der Waals surface area contributed by atoms with Gasteiger partial charge in [-0.1, -0.05) is 53.1 Å². The summed E-state index contributed by atoms with van der Waals surface area (Å²) >= 11 is 0. The highest BCUT2D eigenvalue weighted by Gasteiger charge is 2.16. The Balaban J connectivity index is 1.69. The van der Waals surface area contributed by atoms with Gasteiger partial charge >= 0.3 is 0 Å². The van der Waals surface area contributed by atoms with Gasteiger partial charge in [0.05, 0.1) is 5.69 Å². The molecule has 0 bridgehead atoms. The van der Waals surface area contributed by atoms with Crippen LogP contribution in [0.1, 0.15) is 32.7 Å². The average molecular weight is 438 g/mol. The van der Waals surface area contributed by atoms with Crippen molar-refractivity contribution < 1.29 is 4.79 Å². The number of benzene rings is 3. The van der Waals surface area contributed by atoms with E-state index in [-0.39, 0.29) is 5.91 Å². The molecule has 33 heavy (non-hydrogen) atoms. The lowest BCUT2D eigenvalue weighted by atomic mass is 10.1. The standard InChI is InChI=1S/C27H27N5O/c1-17-8-12-22(13-9-17)29-25-24(31-26(33)21-7-5-6-19(3)16-21)20(4)28-27(32-25)30-23-14-10-18(2)11-15-23/h5-16H,1-4H3,(H,31,33)(H2,28,29,30,32). The van der Waals surface area contributed by atoms with Crippen LogP contribution in [0, 0.1) is 27.7 Å². The predicted octanol–water partition coefficient (Wildman–Crippen LogP) is 6.45. The van der Waals surface area contributed by atoms with Crippen LogP contribution >= 0.6 is 0 Å². The van der Waals surface area contributed by atoms with Gasteiger partial charge in [0.2, 0.25) is 5.95 Å². The molecule has 0 aliphatic carbocycles. The van der Waals surface area contributed by atoms with E-state index in [0.29, 0.717) is 28.7 Å². The molecule has 0 spiro atoms. The molecule has 0 aliphatic heterocycles. The molecule has 6 heteroatoms. The van der Waals surface area contributed by atoms with Crippen LogP contribution in [0.2, 0.25) is 0 Å². The van der Waals surface area contributed by atoms with E-state index in [1.54, 1.807) is 6.07 Å². The minimum Gasteiger partial charge on any atom is -0.338 e. The van der Waals surface area contributed by atoms with Crippen LogP contribution in [0.3, 0.4) is 0 Å². The fourth-order valence-electron chi connectivity index (χ4n) is 3.38. The summed E-state index contributed by atoms with van der Waals surface area (Å²) in [5.41, 5.74) is 6.88. The van der Waals surface area contributed by atoms with Gasteiger partial charge in [-0.3, -0.25) is 4.79 Å². The Morgan fingerprint density at radius 2 is 1.30 bits per heavy atom. The first kappa shape index (κ1) is 22.0. The lowest BCUT2D eigenvalue weighted by Gasteiger charge is -2.17. The molecule has 3 N–H and O–H groups in total. The van der Waals surface area contributed by atoms with Gasteiger partial charge in [0.15, 0.2) is 5.82 Å². The lowest BCUT2D eigenvalue weighted by Crippen LogP contribution is -2.16. The van der Waals surface area contributed by atoms with Crippen molar-refractivity contribution in [1.82, 2.24) is 9.97 Å². The minimum absolute atomic E-state index is 0.211. The fourth-order valence-corrected chi connectivity index (χ4v) is 3.38. The predicted molar refractivity (Wildman–Crippen MR) is 135 cm³/mol. The SMILES string of the molecule is Cc1ccc(Nc2nc(C)c(NC(=O)c3cccc(C)c3)c(Nc3ccc(C)cc3)n2)cc1. The molecule has 3 aromatic carbocycles. The number of carbonyl (C=O) groups excluding carboxylic acids is 1. The summed E-state index contributed by atoms with van der Waals surface area (Å²) in [5.74, 6) is 0.748. The highest BCUT2D eigenvalue weighted by Crippen LogP contribution is 2.29. The van der Waals surface area contributed by atoms with Crippen molar-refractivity contribution in [3.05, 3.63) is 101 Å². The molecular weight excluding hydrogens is 410 g/mol. The molecule has 1 amide bonds. The molecule has 1 heterocycles. The zero-order valence-corrected chi connectivity index (χ0v) is 19.2. The molecule has 0 atom stereocenters. The number of aryl methyl sites for hydroxylation is 4. The van der Waals surface area contributed by atoms with E-state index in [1.807, 2.05) is 94.4 Å². The van der Waals surface area contributed by atoms with Gasteiger partial charge in [-0.25, -0.2) is 4.98 Å². The second-order valence-electron chi connectivity index (χ2n) is 8.16. The van der Waals surface area contributed by atoms with E-state index in [2.05, 4.69) is 25.9 Å².